The lowest BCUT2D eigenvalue weighted by atomic mass is 9.96. The molecule has 1 aliphatic carbocycles. The van der Waals surface area contributed by atoms with Crippen LogP contribution in [0.5, 0.6) is 0 Å². The van der Waals surface area contributed by atoms with Gasteiger partial charge in [0.1, 0.15) is 0 Å². The molecule has 0 bridgehead atoms. The number of carbonyl (C=O) groups is 2. The quantitative estimate of drug-likeness (QED) is 0.748. The fraction of sp³-hybridized carbons (Fsp3) is 0.579. The molecule has 0 atom stereocenters. The van der Waals surface area contributed by atoms with Crippen LogP contribution in [0.2, 0.25) is 0 Å². The lowest BCUT2D eigenvalue weighted by molar-refractivity contribution is -0.132. The second-order valence-corrected chi connectivity index (χ2v) is 6.66. The molecule has 24 heavy (non-hydrogen) atoms. The zero-order chi connectivity index (χ0) is 17.6. The predicted octanol–water partition coefficient (Wildman–Crippen LogP) is 1.63. The first-order chi connectivity index (χ1) is 11.5. The molecule has 1 aromatic carbocycles. The molecule has 1 aliphatic rings. The molecule has 0 saturated heterocycles. The first-order valence-electron chi connectivity index (χ1n) is 8.79. The van der Waals surface area contributed by atoms with Crippen molar-refractivity contribution in [3.05, 3.63) is 35.9 Å². The number of nitrogens with one attached hydrogen (secondary N) is 1. The Balaban J connectivity index is 1.76. The first kappa shape index (κ1) is 18.5. The standard InChI is InChI=1S/C19H29N3O2/c1-4-22(5-2)18(24)14-21(3)13-17(23)20-15-19(11-12-19)16-9-7-6-8-10-16/h6-10H,4-5,11-15H2,1-3H3,(H,20,23). The maximum atomic E-state index is 12.2. The molecule has 2 rings (SSSR count). The van der Waals surface area contributed by atoms with E-state index in [4.69, 9.17) is 0 Å². The van der Waals surface area contributed by atoms with Crippen molar-refractivity contribution in [1.82, 2.24) is 15.1 Å². The van der Waals surface area contributed by atoms with E-state index in [2.05, 4.69) is 17.4 Å². The molecule has 0 radical (unpaired) electrons. The molecule has 5 heteroatoms. The van der Waals surface area contributed by atoms with Crippen molar-refractivity contribution in [2.75, 3.05) is 39.8 Å². The third-order valence-electron chi connectivity index (χ3n) is 4.80. The maximum absolute atomic E-state index is 12.2. The smallest absolute Gasteiger partial charge is 0.236 e. The van der Waals surface area contributed by atoms with E-state index >= 15 is 0 Å². The predicted molar refractivity (Wildman–Crippen MR) is 95.8 cm³/mol. The van der Waals surface area contributed by atoms with E-state index in [0.29, 0.717) is 19.6 Å². The highest BCUT2D eigenvalue weighted by atomic mass is 16.2. The van der Waals surface area contributed by atoms with Gasteiger partial charge in [0.05, 0.1) is 13.1 Å². The summed E-state index contributed by atoms with van der Waals surface area (Å²) in [4.78, 5) is 27.8. The summed E-state index contributed by atoms with van der Waals surface area (Å²) in [6.45, 7) is 6.54. The Morgan fingerprint density at radius 1 is 1.08 bits per heavy atom. The van der Waals surface area contributed by atoms with Gasteiger partial charge in [-0.2, -0.15) is 0 Å². The van der Waals surface area contributed by atoms with Crippen molar-refractivity contribution in [3.8, 4) is 0 Å². The molecular weight excluding hydrogens is 302 g/mol. The monoisotopic (exact) mass is 331 g/mol. The van der Waals surface area contributed by atoms with E-state index in [1.54, 1.807) is 9.80 Å². The summed E-state index contributed by atoms with van der Waals surface area (Å²) in [6.07, 6.45) is 2.24. The van der Waals surface area contributed by atoms with Crippen LogP contribution in [0.3, 0.4) is 0 Å². The number of rotatable bonds is 9. The van der Waals surface area contributed by atoms with Gasteiger partial charge < -0.3 is 10.2 Å². The minimum absolute atomic E-state index is 0.0212. The molecule has 0 heterocycles. The zero-order valence-electron chi connectivity index (χ0n) is 15.0. The third kappa shape index (κ3) is 4.81. The lowest BCUT2D eigenvalue weighted by Crippen LogP contribution is -2.43. The number of amides is 2. The molecule has 5 nitrogen and oxygen atoms in total. The van der Waals surface area contributed by atoms with Crippen molar-refractivity contribution >= 4 is 11.8 Å². The molecule has 1 N–H and O–H groups in total. The summed E-state index contributed by atoms with van der Waals surface area (Å²) < 4.78 is 0. The van der Waals surface area contributed by atoms with E-state index < -0.39 is 0 Å². The van der Waals surface area contributed by atoms with E-state index in [0.717, 1.165) is 12.8 Å². The van der Waals surface area contributed by atoms with Gasteiger partial charge in [-0.25, -0.2) is 0 Å². The van der Waals surface area contributed by atoms with Crippen LogP contribution >= 0.6 is 0 Å². The minimum Gasteiger partial charge on any atom is -0.354 e. The summed E-state index contributed by atoms with van der Waals surface area (Å²) in [5.41, 5.74) is 1.42. The van der Waals surface area contributed by atoms with Gasteiger partial charge >= 0.3 is 0 Å². The number of hydrogen-bond donors (Lipinski definition) is 1. The van der Waals surface area contributed by atoms with Crippen LogP contribution in [-0.4, -0.2) is 61.4 Å². The fourth-order valence-electron chi connectivity index (χ4n) is 3.04. The van der Waals surface area contributed by atoms with Gasteiger partial charge in [0.15, 0.2) is 0 Å². The molecule has 1 fully saturated rings. The van der Waals surface area contributed by atoms with E-state index in [9.17, 15) is 9.59 Å². The molecule has 0 aromatic heterocycles. The number of nitrogens with zero attached hydrogens (tertiary/aromatic N) is 2. The van der Waals surface area contributed by atoms with E-state index in [1.807, 2.05) is 39.1 Å². The van der Waals surface area contributed by atoms with Gasteiger partial charge in [-0.1, -0.05) is 30.3 Å². The molecule has 1 saturated carbocycles. The Kier molecular flexibility index (Phi) is 6.37. The number of likely N-dealkylation sites (N-methyl/N-ethyl adjacent to an activating group) is 2. The molecular formula is C19H29N3O2. The highest BCUT2D eigenvalue weighted by Crippen LogP contribution is 2.47. The number of benzene rings is 1. The van der Waals surface area contributed by atoms with Crippen LogP contribution in [0.4, 0.5) is 0 Å². The Morgan fingerprint density at radius 3 is 2.25 bits per heavy atom. The summed E-state index contributed by atoms with van der Waals surface area (Å²) in [6, 6.07) is 10.4. The Morgan fingerprint density at radius 2 is 1.71 bits per heavy atom. The SMILES string of the molecule is CCN(CC)C(=O)CN(C)CC(=O)NCC1(c2ccccc2)CC1. The fourth-order valence-corrected chi connectivity index (χ4v) is 3.04. The van der Waals surface area contributed by atoms with Gasteiger partial charge in [0.2, 0.25) is 11.8 Å². The highest BCUT2D eigenvalue weighted by molar-refractivity contribution is 5.81. The Bertz CT molecular complexity index is 551. The van der Waals surface area contributed by atoms with Crippen LogP contribution in [-0.2, 0) is 15.0 Å². The summed E-state index contributed by atoms with van der Waals surface area (Å²) in [5, 5.41) is 3.04. The minimum atomic E-state index is -0.0212. The zero-order valence-corrected chi connectivity index (χ0v) is 15.0. The topological polar surface area (TPSA) is 52.7 Å². The van der Waals surface area contributed by atoms with E-state index in [1.165, 1.54) is 5.56 Å². The second-order valence-electron chi connectivity index (χ2n) is 6.66. The van der Waals surface area contributed by atoms with Crippen LogP contribution in [0, 0.1) is 0 Å². The Hall–Kier alpha value is -1.88. The van der Waals surface area contributed by atoms with Crippen molar-refractivity contribution in [2.45, 2.75) is 32.1 Å². The van der Waals surface area contributed by atoms with Gasteiger partial charge in [0, 0.05) is 25.0 Å². The summed E-state index contributed by atoms with van der Waals surface area (Å²) in [7, 11) is 1.81. The molecule has 2 amide bonds. The first-order valence-corrected chi connectivity index (χ1v) is 8.79. The van der Waals surface area contributed by atoms with Crippen molar-refractivity contribution < 1.29 is 9.59 Å². The van der Waals surface area contributed by atoms with E-state index in [-0.39, 0.29) is 30.3 Å². The van der Waals surface area contributed by atoms with Crippen LogP contribution in [0.1, 0.15) is 32.3 Å². The van der Waals surface area contributed by atoms with Gasteiger partial charge in [-0.3, -0.25) is 14.5 Å². The summed E-state index contributed by atoms with van der Waals surface area (Å²) >= 11 is 0. The molecule has 132 valence electrons. The third-order valence-corrected chi connectivity index (χ3v) is 4.80. The lowest BCUT2D eigenvalue weighted by Gasteiger charge is -2.23. The second kappa shape index (κ2) is 8.29. The normalized spacial score (nSPS) is 15.2. The molecule has 1 aromatic rings. The summed E-state index contributed by atoms with van der Waals surface area (Å²) in [5.74, 6) is 0.0466. The van der Waals surface area contributed by atoms with Crippen LogP contribution < -0.4 is 5.32 Å². The highest BCUT2D eigenvalue weighted by Gasteiger charge is 2.44. The van der Waals surface area contributed by atoms with Crippen molar-refractivity contribution in [3.63, 3.8) is 0 Å². The molecule has 0 spiro atoms. The molecule has 0 unspecified atom stereocenters. The van der Waals surface area contributed by atoms with Gasteiger partial charge in [-0.15, -0.1) is 0 Å². The molecule has 0 aliphatic heterocycles. The Labute approximate surface area is 145 Å². The number of carbonyl (C=O) groups excluding carboxylic acids is 2. The maximum Gasteiger partial charge on any atom is 0.236 e. The number of hydrogen-bond acceptors (Lipinski definition) is 3. The van der Waals surface area contributed by atoms with Crippen molar-refractivity contribution in [2.24, 2.45) is 0 Å². The van der Waals surface area contributed by atoms with Crippen LogP contribution in [0.15, 0.2) is 30.3 Å². The largest absolute Gasteiger partial charge is 0.354 e. The van der Waals surface area contributed by atoms with Gasteiger partial charge in [-0.05, 0) is 39.3 Å². The van der Waals surface area contributed by atoms with Crippen LogP contribution in [0.25, 0.3) is 0 Å². The van der Waals surface area contributed by atoms with Crippen molar-refractivity contribution in [1.29, 1.82) is 0 Å². The van der Waals surface area contributed by atoms with Gasteiger partial charge in [0.25, 0.3) is 0 Å². The average molecular weight is 331 g/mol. The average Bonchev–Trinajstić information content (AvgIpc) is 3.36.